The molecule has 5 heteroatoms. The molecule has 1 aromatic heterocycles. The highest BCUT2D eigenvalue weighted by Crippen LogP contribution is 2.24. The summed E-state index contributed by atoms with van der Waals surface area (Å²) in [5.74, 6) is 1.16. The second kappa shape index (κ2) is 5.04. The van der Waals surface area contributed by atoms with E-state index in [9.17, 15) is 0 Å². The average molecular weight is 209 g/mol. The predicted octanol–water partition coefficient (Wildman–Crippen LogP) is 0.385. The number of aliphatic hydroxyl groups excluding tert-OH is 1. The number of anilines is 1. The van der Waals surface area contributed by atoms with Gasteiger partial charge in [0.2, 0.25) is 0 Å². The lowest BCUT2D eigenvalue weighted by molar-refractivity contribution is 0.193. The zero-order valence-electron chi connectivity index (χ0n) is 8.52. The molecule has 0 aliphatic carbocycles. The van der Waals surface area contributed by atoms with Crippen LogP contribution >= 0.6 is 0 Å². The minimum Gasteiger partial charge on any atom is -0.395 e. The summed E-state index contributed by atoms with van der Waals surface area (Å²) in [5.41, 5.74) is 1.02. The molecule has 1 atom stereocenters. The van der Waals surface area contributed by atoms with E-state index in [-0.39, 0.29) is 6.61 Å². The highest BCUT2D eigenvalue weighted by atomic mass is 16.5. The molecular formula is C10H15N3O2. The Balaban J connectivity index is 2.04. The van der Waals surface area contributed by atoms with Gasteiger partial charge in [-0.15, -0.1) is 0 Å². The zero-order valence-corrected chi connectivity index (χ0v) is 8.52. The molecule has 0 saturated carbocycles. The molecule has 1 unspecified atom stereocenters. The van der Waals surface area contributed by atoms with Gasteiger partial charge in [0.25, 0.3) is 0 Å². The van der Waals surface area contributed by atoms with Gasteiger partial charge in [0.1, 0.15) is 12.1 Å². The molecular weight excluding hydrogens is 194 g/mol. The molecule has 2 rings (SSSR count). The van der Waals surface area contributed by atoms with Gasteiger partial charge in [-0.1, -0.05) is 0 Å². The standard InChI is InChI=1S/C10H15N3O2/c14-3-2-11-10-5-9(12-7-13-10)8-1-4-15-6-8/h5,7-8,14H,1-4,6H2,(H,11,12,13). The van der Waals surface area contributed by atoms with Crippen molar-refractivity contribution >= 4 is 5.82 Å². The minimum atomic E-state index is 0.103. The SMILES string of the molecule is OCCNc1cc(C2CCOC2)ncn1. The second-order valence-corrected chi connectivity index (χ2v) is 3.54. The largest absolute Gasteiger partial charge is 0.395 e. The van der Waals surface area contributed by atoms with Crippen molar-refractivity contribution in [1.82, 2.24) is 9.97 Å². The van der Waals surface area contributed by atoms with E-state index in [2.05, 4.69) is 15.3 Å². The van der Waals surface area contributed by atoms with Gasteiger partial charge in [0.15, 0.2) is 0 Å². The van der Waals surface area contributed by atoms with Crippen molar-refractivity contribution in [2.24, 2.45) is 0 Å². The van der Waals surface area contributed by atoms with Crippen molar-refractivity contribution in [2.75, 3.05) is 31.7 Å². The third-order valence-corrected chi connectivity index (χ3v) is 2.45. The first kappa shape index (κ1) is 10.3. The van der Waals surface area contributed by atoms with Crippen LogP contribution in [0.1, 0.15) is 18.0 Å². The maximum Gasteiger partial charge on any atom is 0.129 e. The number of rotatable bonds is 4. The van der Waals surface area contributed by atoms with Crippen molar-refractivity contribution in [3.05, 3.63) is 18.1 Å². The van der Waals surface area contributed by atoms with Crippen molar-refractivity contribution in [2.45, 2.75) is 12.3 Å². The van der Waals surface area contributed by atoms with Crippen LogP contribution in [0, 0.1) is 0 Å². The van der Waals surface area contributed by atoms with Gasteiger partial charge in [-0.25, -0.2) is 9.97 Å². The molecule has 2 N–H and O–H groups in total. The van der Waals surface area contributed by atoms with Crippen LogP contribution in [0.3, 0.4) is 0 Å². The fourth-order valence-corrected chi connectivity index (χ4v) is 1.64. The summed E-state index contributed by atoms with van der Waals surface area (Å²) in [4.78, 5) is 8.31. The Morgan fingerprint density at radius 2 is 2.47 bits per heavy atom. The van der Waals surface area contributed by atoms with Gasteiger partial charge >= 0.3 is 0 Å². The van der Waals surface area contributed by atoms with Crippen LogP contribution in [0.5, 0.6) is 0 Å². The Bertz CT molecular complexity index is 313. The Hall–Kier alpha value is -1.20. The number of aromatic nitrogens is 2. The fourth-order valence-electron chi connectivity index (χ4n) is 1.64. The number of nitrogens with one attached hydrogen (secondary N) is 1. The van der Waals surface area contributed by atoms with E-state index >= 15 is 0 Å². The van der Waals surface area contributed by atoms with Crippen LogP contribution in [-0.4, -0.2) is 41.4 Å². The molecule has 0 spiro atoms. The van der Waals surface area contributed by atoms with Crippen molar-refractivity contribution in [3.8, 4) is 0 Å². The Morgan fingerprint density at radius 1 is 1.53 bits per heavy atom. The first-order valence-electron chi connectivity index (χ1n) is 5.14. The maximum absolute atomic E-state index is 8.68. The van der Waals surface area contributed by atoms with Crippen molar-refractivity contribution in [1.29, 1.82) is 0 Å². The van der Waals surface area contributed by atoms with Gasteiger partial charge in [-0.3, -0.25) is 0 Å². The summed E-state index contributed by atoms with van der Waals surface area (Å²) in [6.07, 6.45) is 2.57. The summed E-state index contributed by atoms with van der Waals surface area (Å²) in [7, 11) is 0. The van der Waals surface area contributed by atoms with Gasteiger partial charge in [-0.05, 0) is 6.42 Å². The number of nitrogens with zero attached hydrogens (tertiary/aromatic N) is 2. The van der Waals surface area contributed by atoms with E-state index in [0.717, 1.165) is 31.1 Å². The Labute approximate surface area is 88.5 Å². The number of ether oxygens (including phenoxy) is 1. The first-order valence-corrected chi connectivity index (χ1v) is 5.14. The molecule has 0 radical (unpaired) electrons. The first-order chi connectivity index (χ1) is 7.40. The fraction of sp³-hybridized carbons (Fsp3) is 0.600. The van der Waals surface area contributed by atoms with E-state index in [4.69, 9.17) is 9.84 Å². The molecule has 1 aliphatic heterocycles. The van der Waals surface area contributed by atoms with Crippen LogP contribution in [0.4, 0.5) is 5.82 Å². The Kier molecular flexibility index (Phi) is 3.47. The van der Waals surface area contributed by atoms with E-state index < -0.39 is 0 Å². The monoisotopic (exact) mass is 209 g/mol. The third kappa shape index (κ3) is 2.64. The van der Waals surface area contributed by atoms with E-state index in [1.807, 2.05) is 6.07 Å². The quantitative estimate of drug-likeness (QED) is 0.750. The van der Waals surface area contributed by atoms with Crippen LogP contribution in [-0.2, 0) is 4.74 Å². The molecule has 2 heterocycles. The van der Waals surface area contributed by atoms with E-state index in [0.29, 0.717) is 12.5 Å². The van der Waals surface area contributed by atoms with Crippen LogP contribution in [0.25, 0.3) is 0 Å². The molecule has 1 aromatic rings. The smallest absolute Gasteiger partial charge is 0.129 e. The van der Waals surface area contributed by atoms with Gasteiger partial charge in [0.05, 0.1) is 18.9 Å². The maximum atomic E-state index is 8.68. The minimum absolute atomic E-state index is 0.103. The van der Waals surface area contributed by atoms with Crippen LogP contribution < -0.4 is 5.32 Å². The molecule has 1 aliphatic rings. The highest BCUT2D eigenvalue weighted by Gasteiger charge is 2.19. The van der Waals surface area contributed by atoms with Gasteiger partial charge < -0.3 is 15.2 Å². The average Bonchev–Trinajstić information content (AvgIpc) is 2.80. The molecule has 5 nitrogen and oxygen atoms in total. The van der Waals surface area contributed by atoms with Crippen LogP contribution in [0.15, 0.2) is 12.4 Å². The van der Waals surface area contributed by atoms with E-state index in [1.165, 1.54) is 0 Å². The summed E-state index contributed by atoms with van der Waals surface area (Å²) in [6, 6.07) is 1.93. The second-order valence-electron chi connectivity index (χ2n) is 3.54. The van der Waals surface area contributed by atoms with Crippen LogP contribution in [0.2, 0.25) is 0 Å². The third-order valence-electron chi connectivity index (χ3n) is 2.45. The summed E-state index contributed by atoms with van der Waals surface area (Å²) >= 11 is 0. The van der Waals surface area contributed by atoms with E-state index in [1.54, 1.807) is 6.33 Å². The molecule has 0 aromatic carbocycles. The van der Waals surface area contributed by atoms with Gasteiger partial charge in [-0.2, -0.15) is 0 Å². The lowest BCUT2D eigenvalue weighted by atomic mass is 10.1. The number of hydrogen-bond donors (Lipinski definition) is 2. The zero-order chi connectivity index (χ0) is 10.5. The van der Waals surface area contributed by atoms with Crippen molar-refractivity contribution < 1.29 is 9.84 Å². The molecule has 0 bridgehead atoms. The predicted molar refractivity (Wildman–Crippen MR) is 55.8 cm³/mol. The molecule has 82 valence electrons. The lowest BCUT2D eigenvalue weighted by Crippen LogP contribution is -2.09. The van der Waals surface area contributed by atoms with Gasteiger partial charge in [0, 0.05) is 25.1 Å². The summed E-state index contributed by atoms with van der Waals surface area (Å²) in [5, 5.41) is 11.7. The highest BCUT2D eigenvalue weighted by molar-refractivity contribution is 5.35. The number of hydrogen-bond acceptors (Lipinski definition) is 5. The lowest BCUT2D eigenvalue weighted by Gasteiger charge is -2.08. The topological polar surface area (TPSA) is 67.3 Å². The summed E-state index contributed by atoms with van der Waals surface area (Å²) in [6.45, 7) is 2.17. The summed E-state index contributed by atoms with van der Waals surface area (Å²) < 4.78 is 5.31. The molecule has 0 amide bonds. The molecule has 15 heavy (non-hydrogen) atoms. The Morgan fingerprint density at radius 3 is 3.20 bits per heavy atom. The van der Waals surface area contributed by atoms with Crippen molar-refractivity contribution in [3.63, 3.8) is 0 Å². The molecule has 1 fully saturated rings. The molecule has 1 saturated heterocycles. The number of aliphatic hydroxyl groups is 1. The normalized spacial score (nSPS) is 20.5.